The summed E-state index contributed by atoms with van der Waals surface area (Å²) in [4.78, 5) is 36.0. The minimum absolute atomic E-state index is 0.164. The van der Waals surface area contributed by atoms with Gasteiger partial charge < -0.3 is 20.1 Å². The van der Waals surface area contributed by atoms with E-state index in [1.54, 1.807) is 38.6 Å². The van der Waals surface area contributed by atoms with Crippen LogP contribution in [0.25, 0.3) is 11.1 Å². The number of fused-ring (bicyclic) bond motifs is 1. The molecule has 190 valence electrons. The molecule has 0 fully saturated rings. The number of carboxylic acid groups (broad SMARTS) is 1. The van der Waals surface area contributed by atoms with Crippen LogP contribution in [-0.2, 0) is 16.0 Å². The second-order valence-corrected chi connectivity index (χ2v) is 8.06. The van der Waals surface area contributed by atoms with Crippen molar-refractivity contribution < 1.29 is 37.4 Å². The number of rotatable bonds is 4. The third kappa shape index (κ3) is 6.40. The van der Waals surface area contributed by atoms with E-state index in [9.17, 15) is 22.8 Å². The number of anilines is 1. The number of aromatic amines is 1. The maximum atomic E-state index is 12.9. The predicted octanol–water partition coefficient (Wildman–Crippen LogP) is 3.60. The van der Waals surface area contributed by atoms with Crippen molar-refractivity contribution in [3.8, 4) is 16.9 Å². The molecule has 36 heavy (non-hydrogen) atoms. The Morgan fingerprint density at radius 2 is 1.83 bits per heavy atom. The number of carbonyl (C=O) groups is 3. The summed E-state index contributed by atoms with van der Waals surface area (Å²) in [6.45, 7) is 0.312. The highest BCUT2D eigenvalue weighted by Gasteiger charge is 2.38. The summed E-state index contributed by atoms with van der Waals surface area (Å²) in [7, 11) is 3.37. The Hall–Kier alpha value is -4.35. The number of carbonyl (C=O) groups excluding carboxylic acids is 2. The molecule has 0 saturated heterocycles. The molecule has 1 aliphatic rings. The number of para-hydroxylation sites is 1. The average molecular weight is 504 g/mol. The summed E-state index contributed by atoms with van der Waals surface area (Å²) in [6.07, 6.45) is -1.03. The number of halogens is 3. The molecule has 0 bridgehead atoms. The number of H-pyrrole nitrogens is 1. The molecule has 3 aromatic rings. The number of hydrogen-bond acceptors (Lipinski definition) is 5. The first-order valence-electron chi connectivity index (χ1n) is 10.6. The minimum Gasteiger partial charge on any atom is -0.492 e. The number of ether oxygens (including phenoxy) is 1. The third-order valence-electron chi connectivity index (χ3n) is 5.24. The largest absolute Gasteiger partial charge is 0.492 e. The van der Waals surface area contributed by atoms with Gasteiger partial charge in [-0.25, -0.2) is 4.79 Å². The van der Waals surface area contributed by atoms with Gasteiger partial charge in [-0.2, -0.15) is 18.3 Å². The Balaban J connectivity index is 0.000000454. The monoisotopic (exact) mass is 504 g/mol. The van der Waals surface area contributed by atoms with Gasteiger partial charge in [0.2, 0.25) is 5.91 Å². The first-order valence-corrected chi connectivity index (χ1v) is 10.6. The molecule has 0 aliphatic carbocycles. The molecule has 0 saturated carbocycles. The quantitative estimate of drug-likeness (QED) is 0.499. The van der Waals surface area contributed by atoms with Gasteiger partial charge >= 0.3 is 12.1 Å². The van der Waals surface area contributed by atoms with Crippen LogP contribution in [0.2, 0.25) is 0 Å². The highest BCUT2D eigenvalue weighted by atomic mass is 19.4. The van der Waals surface area contributed by atoms with Gasteiger partial charge in [0.15, 0.2) is 0 Å². The lowest BCUT2D eigenvalue weighted by Gasteiger charge is -2.25. The first-order chi connectivity index (χ1) is 17.0. The van der Waals surface area contributed by atoms with Crippen LogP contribution in [0, 0.1) is 5.92 Å². The number of benzene rings is 2. The van der Waals surface area contributed by atoms with E-state index < -0.39 is 12.1 Å². The molecule has 3 N–H and O–H groups in total. The third-order valence-corrected chi connectivity index (χ3v) is 5.24. The molecule has 9 nitrogen and oxygen atoms in total. The van der Waals surface area contributed by atoms with Gasteiger partial charge in [0.1, 0.15) is 12.4 Å². The van der Waals surface area contributed by atoms with Crippen molar-refractivity contribution in [1.82, 2.24) is 15.1 Å². The molecule has 2 amide bonds. The van der Waals surface area contributed by atoms with E-state index in [4.69, 9.17) is 14.6 Å². The Kier molecular flexibility index (Phi) is 7.97. The zero-order chi connectivity index (χ0) is 26.5. The molecular formula is C24H23F3N4O5. The topological polar surface area (TPSA) is 125 Å². The van der Waals surface area contributed by atoms with E-state index in [1.807, 2.05) is 30.3 Å². The van der Waals surface area contributed by atoms with E-state index in [0.29, 0.717) is 24.3 Å². The molecule has 1 unspecified atom stereocenters. The van der Waals surface area contributed by atoms with Gasteiger partial charge in [-0.05, 0) is 35.7 Å². The molecule has 2 heterocycles. The second-order valence-electron chi connectivity index (χ2n) is 8.06. The summed E-state index contributed by atoms with van der Waals surface area (Å²) in [5, 5.41) is 16.8. The van der Waals surface area contributed by atoms with Gasteiger partial charge in [0, 0.05) is 25.9 Å². The van der Waals surface area contributed by atoms with Crippen LogP contribution in [0.5, 0.6) is 5.75 Å². The SMILES string of the molecule is CN(C)C(=O)c1cc(-c2cn[nH]c2)ccc1NC(=O)C1COc2ccccc2C1.O=C(O)C(F)(F)F. The maximum absolute atomic E-state index is 12.9. The number of nitrogens with zero attached hydrogens (tertiary/aromatic N) is 2. The van der Waals surface area contributed by atoms with Crippen molar-refractivity contribution in [3.05, 3.63) is 66.0 Å². The lowest BCUT2D eigenvalue weighted by molar-refractivity contribution is -0.192. The molecular weight excluding hydrogens is 481 g/mol. The summed E-state index contributed by atoms with van der Waals surface area (Å²) in [6, 6.07) is 13.1. The molecule has 1 atom stereocenters. The van der Waals surface area contributed by atoms with Gasteiger partial charge in [-0.3, -0.25) is 14.7 Å². The molecule has 2 aromatic carbocycles. The maximum Gasteiger partial charge on any atom is 0.490 e. The van der Waals surface area contributed by atoms with Crippen molar-refractivity contribution in [3.63, 3.8) is 0 Å². The molecule has 4 rings (SSSR count). The van der Waals surface area contributed by atoms with Crippen molar-refractivity contribution in [2.24, 2.45) is 5.92 Å². The van der Waals surface area contributed by atoms with Crippen LogP contribution in [0.1, 0.15) is 15.9 Å². The molecule has 12 heteroatoms. The van der Waals surface area contributed by atoms with Crippen LogP contribution >= 0.6 is 0 Å². The average Bonchev–Trinajstić information content (AvgIpc) is 3.38. The fourth-order valence-corrected chi connectivity index (χ4v) is 3.39. The number of alkyl halides is 3. The summed E-state index contributed by atoms with van der Waals surface area (Å²) in [5.74, 6) is -2.60. The van der Waals surface area contributed by atoms with E-state index in [2.05, 4.69) is 15.5 Å². The molecule has 1 aromatic heterocycles. The predicted molar refractivity (Wildman–Crippen MR) is 123 cm³/mol. The summed E-state index contributed by atoms with van der Waals surface area (Å²) >= 11 is 0. The Morgan fingerprint density at radius 3 is 2.44 bits per heavy atom. The normalized spacial score (nSPS) is 14.4. The van der Waals surface area contributed by atoms with E-state index in [1.165, 1.54) is 4.90 Å². The lowest BCUT2D eigenvalue weighted by Crippen LogP contribution is -2.33. The number of aliphatic carboxylic acids is 1. The smallest absolute Gasteiger partial charge is 0.490 e. The number of carboxylic acids is 1. The fourth-order valence-electron chi connectivity index (χ4n) is 3.39. The van der Waals surface area contributed by atoms with Crippen LogP contribution in [-0.4, -0.2) is 64.9 Å². The lowest BCUT2D eigenvalue weighted by atomic mass is 9.95. The summed E-state index contributed by atoms with van der Waals surface area (Å²) in [5.41, 5.74) is 3.64. The van der Waals surface area contributed by atoms with Crippen molar-refractivity contribution in [2.75, 3.05) is 26.0 Å². The molecule has 0 spiro atoms. The van der Waals surface area contributed by atoms with Gasteiger partial charge in [-0.15, -0.1) is 0 Å². The van der Waals surface area contributed by atoms with Crippen molar-refractivity contribution in [2.45, 2.75) is 12.6 Å². The molecule has 0 radical (unpaired) electrons. The highest BCUT2D eigenvalue weighted by Crippen LogP contribution is 2.29. The van der Waals surface area contributed by atoms with Gasteiger partial charge in [0.25, 0.3) is 5.91 Å². The van der Waals surface area contributed by atoms with Crippen LogP contribution in [0.4, 0.5) is 18.9 Å². The number of hydrogen-bond donors (Lipinski definition) is 3. The van der Waals surface area contributed by atoms with Crippen molar-refractivity contribution >= 4 is 23.5 Å². The van der Waals surface area contributed by atoms with Gasteiger partial charge in [-0.1, -0.05) is 24.3 Å². The zero-order valence-electron chi connectivity index (χ0n) is 19.3. The Morgan fingerprint density at radius 1 is 1.14 bits per heavy atom. The number of amides is 2. The number of aromatic nitrogens is 2. The van der Waals surface area contributed by atoms with E-state index >= 15 is 0 Å². The number of nitrogens with one attached hydrogen (secondary N) is 2. The minimum atomic E-state index is -5.08. The van der Waals surface area contributed by atoms with Crippen LogP contribution in [0.15, 0.2) is 54.9 Å². The van der Waals surface area contributed by atoms with E-state index in [-0.39, 0.29) is 17.7 Å². The Bertz CT molecular complexity index is 1240. The summed E-state index contributed by atoms with van der Waals surface area (Å²) < 4.78 is 37.5. The standard InChI is InChI=1S/C22H22N4O3.C2HF3O2/c1-26(2)22(28)18-10-14(17-11-23-24-12-17)7-8-19(18)25-21(27)16-9-15-5-3-4-6-20(15)29-13-16;3-2(4,5)1(6)7/h3-8,10-12,16H,9,13H2,1-2H3,(H,23,24)(H,25,27);(H,6,7). The fraction of sp³-hybridized carbons (Fsp3) is 0.250. The van der Waals surface area contributed by atoms with Crippen LogP contribution < -0.4 is 10.1 Å². The van der Waals surface area contributed by atoms with Crippen molar-refractivity contribution in [1.29, 1.82) is 0 Å². The zero-order valence-corrected chi connectivity index (χ0v) is 19.3. The Labute approximate surface area is 203 Å². The second kappa shape index (κ2) is 10.9. The van der Waals surface area contributed by atoms with E-state index in [0.717, 1.165) is 22.4 Å². The van der Waals surface area contributed by atoms with Crippen LogP contribution in [0.3, 0.4) is 0 Å². The van der Waals surface area contributed by atoms with Gasteiger partial charge in [0.05, 0.1) is 23.4 Å². The molecule has 1 aliphatic heterocycles. The first kappa shape index (κ1) is 26.3. The highest BCUT2D eigenvalue weighted by molar-refractivity contribution is 6.05.